The predicted octanol–water partition coefficient (Wildman–Crippen LogP) is 3.50. The van der Waals surface area contributed by atoms with Crippen LogP contribution in [0.5, 0.6) is 0 Å². The van der Waals surface area contributed by atoms with Crippen LogP contribution in [0.2, 0.25) is 0 Å². The molecule has 4 heteroatoms. The molecule has 0 spiro atoms. The van der Waals surface area contributed by atoms with E-state index in [4.69, 9.17) is 10.7 Å². The second-order valence-corrected chi connectivity index (χ2v) is 6.42. The first-order valence-corrected chi connectivity index (χ1v) is 7.38. The van der Waals surface area contributed by atoms with Gasteiger partial charge in [0.05, 0.1) is 10.2 Å². The van der Waals surface area contributed by atoms with E-state index in [-0.39, 0.29) is 0 Å². The van der Waals surface area contributed by atoms with Crippen molar-refractivity contribution < 1.29 is 0 Å². The summed E-state index contributed by atoms with van der Waals surface area (Å²) in [6.07, 6.45) is 2.59. The number of thiazole rings is 1. The number of hydrogen-bond acceptors (Lipinski definition) is 4. The van der Waals surface area contributed by atoms with Gasteiger partial charge in [-0.1, -0.05) is 18.3 Å². The van der Waals surface area contributed by atoms with E-state index in [0.717, 1.165) is 28.8 Å². The number of aromatic nitrogens is 1. The van der Waals surface area contributed by atoms with Gasteiger partial charge in [-0.3, -0.25) is 0 Å². The van der Waals surface area contributed by atoms with Gasteiger partial charge >= 0.3 is 0 Å². The number of piperidine rings is 1. The standard InChI is InChI=1S/C14H19N3S/c1-9-3-4-10(2)17(8-9)14-16-12-6-5-11(15)7-13(12)18-14/h5-7,9-10H,3-4,8,15H2,1-2H3. The third-order valence-corrected chi connectivity index (χ3v) is 4.82. The summed E-state index contributed by atoms with van der Waals surface area (Å²) >= 11 is 1.76. The van der Waals surface area contributed by atoms with E-state index >= 15 is 0 Å². The maximum absolute atomic E-state index is 5.83. The highest BCUT2D eigenvalue weighted by atomic mass is 32.1. The molecule has 3 nitrogen and oxygen atoms in total. The van der Waals surface area contributed by atoms with Crippen molar-refractivity contribution in [3.63, 3.8) is 0 Å². The molecule has 0 bridgehead atoms. The molecular weight excluding hydrogens is 242 g/mol. The number of anilines is 2. The number of nitrogens with two attached hydrogens (primary N) is 1. The molecule has 2 unspecified atom stereocenters. The maximum Gasteiger partial charge on any atom is 0.186 e. The molecule has 2 atom stereocenters. The number of nitrogens with zero attached hydrogens (tertiary/aromatic N) is 2. The predicted molar refractivity (Wildman–Crippen MR) is 79.2 cm³/mol. The first-order chi connectivity index (χ1) is 8.63. The summed E-state index contributed by atoms with van der Waals surface area (Å²) in [6, 6.07) is 6.56. The van der Waals surface area contributed by atoms with Crippen LogP contribution in [0.3, 0.4) is 0 Å². The summed E-state index contributed by atoms with van der Waals surface area (Å²) in [4.78, 5) is 7.20. The zero-order valence-corrected chi connectivity index (χ0v) is 11.7. The van der Waals surface area contributed by atoms with Gasteiger partial charge in [0.2, 0.25) is 0 Å². The second kappa shape index (κ2) is 4.43. The molecule has 1 saturated heterocycles. The molecule has 1 aromatic carbocycles. The fourth-order valence-corrected chi connectivity index (χ4v) is 3.73. The van der Waals surface area contributed by atoms with Crippen molar-refractivity contribution in [1.29, 1.82) is 0 Å². The van der Waals surface area contributed by atoms with Gasteiger partial charge in [0, 0.05) is 18.3 Å². The Bertz CT molecular complexity index is 563. The molecule has 2 aromatic rings. The van der Waals surface area contributed by atoms with Crippen molar-refractivity contribution in [3.05, 3.63) is 18.2 Å². The number of hydrogen-bond donors (Lipinski definition) is 1. The molecule has 0 saturated carbocycles. The number of nitrogen functional groups attached to an aromatic ring is 1. The van der Waals surface area contributed by atoms with Gasteiger partial charge in [-0.25, -0.2) is 4.98 Å². The summed E-state index contributed by atoms with van der Waals surface area (Å²) in [5, 5.41) is 1.15. The van der Waals surface area contributed by atoms with E-state index in [2.05, 4.69) is 18.7 Å². The quantitative estimate of drug-likeness (QED) is 0.799. The van der Waals surface area contributed by atoms with Crippen LogP contribution in [0, 0.1) is 5.92 Å². The van der Waals surface area contributed by atoms with Crippen LogP contribution >= 0.6 is 11.3 Å². The topological polar surface area (TPSA) is 42.2 Å². The molecule has 3 rings (SSSR count). The van der Waals surface area contributed by atoms with Gasteiger partial charge in [-0.05, 0) is 43.9 Å². The Morgan fingerprint density at radius 2 is 2.17 bits per heavy atom. The fourth-order valence-electron chi connectivity index (χ4n) is 2.61. The van der Waals surface area contributed by atoms with E-state index in [1.54, 1.807) is 11.3 Å². The van der Waals surface area contributed by atoms with Crippen molar-refractivity contribution in [1.82, 2.24) is 4.98 Å². The Hall–Kier alpha value is -1.29. The van der Waals surface area contributed by atoms with E-state index < -0.39 is 0 Å². The average molecular weight is 261 g/mol. The van der Waals surface area contributed by atoms with Gasteiger partial charge in [-0.2, -0.15) is 0 Å². The molecule has 1 aliphatic rings. The molecule has 2 heterocycles. The van der Waals surface area contributed by atoms with E-state index in [0.29, 0.717) is 6.04 Å². The molecule has 0 amide bonds. The van der Waals surface area contributed by atoms with Gasteiger partial charge in [-0.15, -0.1) is 0 Å². The number of benzene rings is 1. The SMILES string of the molecule is CC1CCC(C)N(c2nc3ccc(N)cc3s2)C1. The zero-order valence-electron chi connectivity index (χ0n) is 10.9. The summed E-state index contributed by atoms with van der Waals surface area (Å²) < 4.78 is 1.19. The zero-order chi connectivity index (χ0) is 12.7. The minimum atomic E-state index is 0.596. The van der Waals surface area contributed by atoms with Gasteiger partial charge < -0.3 is 10.6 Å². The van der Waals surface area contributed by atoms with Crippen LogP contribution in [0.1, 0.15) is 26.7 Å². The van der Waals surface area contributed by atoms with Crippen LogP contribution in [0.4, 0.5) is 10.8 Å². The largest absolute Gasteiger partial charge is 0.399 e. The Labute approximate surface area is 112 Å². The van der Waals surface area contributed by atoms with Crippen molar-refractivity contribution in [2.75, 3.05) is 17.2 Å². The summed E-state index contributed by atoms with van der Waals surface area (Å²) in [5.74, 6) is 0.762. The second-order valence-electron chi connectivity index (χ2n) is 5.41. The monoisotopic (exact) mass is 261 g/mol. The molecule has 96 valence electrons. The van der Waals surface area contributed by atoms with Gasteiger partial charge in [0.25, 0.3) is 0 Å². The normalized spacial score (nSPS) is 24.7. The Morgan fingerprint density at radius 3 is 3.00 bits per heavy atom. The van der Waals surface area contributed by atoms with Crippen LogP contribution < -0.4 is 10.6 Å². The Kier molecular flexibility index (Phi) is 2.90. The molecule has 18 heavy (non-hydrogen) atoms. The maximum atomic E-state index is 5.83. The highest BCUT2D eigenvalue weighted by Crippen LogP contribution is 2.34. The highest BCUT2D eigenvalue weighted by Gasteiger charge is 2.25. The minimum absolute atomic E-state index is 0.596. The van der Waals surface area contributed by atoms with Gasteiger partial charge in [0.15, 0.2) is 5.13 Å². The molecule has 1 aliphatic heterocycles. The molecule has 0 radical (unpaired) electrons. The third-order valence-electron chi connectivity index (χ3n) is 3.76. The molecule has 2 N–H and O–H groups in total. The number of rotatable bonds is 1. The van der Waals surface area contributed by atoms with Crippen molar-refractivity contribution in [2.45, 2.75) is 32.7 Å². The average Bonchev–Trinajstić information content (AvgIpc) is 2.74. The highest BCUT2D eigenvalue weighted by molar-refractivity contribution is 7.22. The first kappa shape index (κ1) is 11.8. The van der Waals surface area contributed by atoms with E-state index in [1.165, 1.54) is 17.5 Å². The first-order valence-electron chi connectivity index (χ1n) is 6.56. The molecular formula is C14H19N3S. The van der Waals surface area contributed by atoms with Crippen molar-refractivity contribution in [3.8, 4) is 0 Å². The lowest BCUT2D eigenvalue weighted by atomic mass is 9.96. The van der Waals surface area contributed by atoms with E-state index in [9.17, 15) is 0 Å². The number of fused-ring (bicyclic) bond motifs is 1. The third kappa shape index (κ3) is 2.05. The Balaban J connectivity index is 1.97. The van der Waals surface area contributed by atoms with Crippen LogP contribution in [-0.2, 0) is 0 Å². The lowest BCUT2D eigenvalue weighted by molar-refractivity contribution is 0.390. The lowest BCUT2D eigenvalue weighted by Gasteiger charge is -2.36. The van der Waals surface area contributed by atoms with Crippen LogP contribution in [0.15, 0.2) is 18.2 Å². The van der Waals surface area contributed by atoms with Gasteiger partial charge in [0.1, 0.15) is 0 Å². The van der Waals surface area contributed by atoms with Crippen LogP contribution in [0.25, 0.3) is 10.2 Å². The Morgan fingerprint density at radius 1 is 1.33 bits per heavy atom. The van der Waals surface area contributed by atoms with Crippen molar-refractivity contribution in [2.24, 2.45) is 5.92 Å². The summed E-state index contributed by atoms with van der Waals surface area (Å²) in [7, 11) is 0. The van der Waals surface area contributed by atoms with Crippen molar-refractivity contribution >= 4 is 32.4 Å². The molecule has 0 aliphatic carbocycles. The summed E-state index contributed by atoms with van der Waals surface area (Å²) in [5.41, 5.74) is 7.71. The molecule has 1 aromatic heterocycles. The summed E-state index contributed by atoms with van der Waals surface area (Å²) in [6.45, 7) is 5.74. The van der Waals surface area contributed by atoms with E-state index in [1.807, 2.05) is 18.2 Å². The lowest BCUT2D eigenvalue weighted by Crippen LogP contribution is -2.40. The van der Waals surface area contributed by atoms with Crippen LogP contribution in [-0.4, -0.2) is 17.6 Å². The fraction of sp³-hybridized carbons (Fsp3) is 0.500. The smallest absolute Gasteiger partial charge is 0.186 e. The molecule has 1 fully saturated rings. The minimum Gasteiger partial charge on any atom is -0.399 e.